The van der Waals surface area contributed by atoms with Gasteiger partial charge in [-0.05, 0) is 62.7 Å². The number of nitrogens with zero attached hydrogens (tertiary/aromatic N) is 4. The number of carbonyl (C=O) groups excluding carboxylic acids is 1. The maximum Gasteiger partial charge on any atom is 0.410 e. The van der Waals surface area contributed by atoms with Gasteiger partial charge in [0.1, 0.15) is 17.7 Å². The summed E-state index contributed by atoms with van der Waals surface area (Å²) in [5.41, 5.74) is 0.318. The molecule has 8 heteroatoms. The molecule has 1 amide bonds. The van der Waals surface area contributed by atoms with E-state index in [0.717, 1.165) is 21.2 Å². The van der Waals surface area contributed by atoms with Crippen LogP contribution in [0.3, 0.4) is 0 Å². The first kappa shape index (κ1) is 20.1. The highest BCUT2D eigenvalue weighted by atomic mass is 79.9. The van der Waals surface area contributed by atoms with Crippen LogP contribution in [-0.4, -0.2) is 51.7 Å². The predicted octanol–water partition coefficient (Wildman–Crippen LogP) is 4.88. The highest BCUT2D eigenvalue weighted by molar-refractivity contribution is 9.10. The van der Waals surface area contributed by atoms with Crippen LogP contribution < -0.4 is 4.90 Å². The lowest BCUT2D eigenvalue weighted by Gasteiger charge is -2.45. The molecule has 0 saturated carbocycles. The Labute approximate surface area is 173 Å². The van der Waals surface area contributed by atoms with Gasteiger partial charge in [-0.3, -0.25) is 0 Å². The molecule has 0 bridgehead atoms. The number of halogens is 2. The van der Waals surface area contributed by atoms with Gasteiger partial charge < -0.3 is 14.5 Å². The van der Waals surface area contributed by atoms with Crippen molar-refractivity contribution in [1.29, 1.82) is 0 Å². The molecule has 27 heavy (non-hydrogen) atoms. The van der Waals surface area contributed by atoms with E-state index in [-0.39, 0.29) is 18.2 Å². The summed E-state index contributed by atoms with van der Waals surface area (Å²) in [7, 11) is 0. The zero-order chi connectivity index (χ0) is 19.9. The molecule has 3 rings (SSSR count). The molecule has 146 valence electrons. The Balaban J connectivity index is 1.90. The molecule has 0 N–H and O–H groups in total. The molecule has 6 nitrogen and oxygen atoms in total. The molecule has 0 spiro atoms. The van der Waals surface area contributed by atoms with Crippen molar-refractivity contribution in [1.82, 2.24) is 14.9 Å². The van der Waals surface area contributed by atoms with Crippen molar-refractivity contribution in [3.8, 4) is 0 Å². The summed E-state index contributed by atoms with van der Waals surface area (Å²) in [6, 6.07) is 3.93. The first-order valence-corrected chi connectivity index (χ1v) is 10.1. The summed E-state index contributed by atoms with van der Waals surface area (Å²) in [6.45, 7) is 10.9. The first-order valence-electron chi connectivity index (χ1n) is 8.93. The Kier molecular flexibility index (Phi) is 5.54. The van der Waals surface area contributed by atoms with Gasteiger partial charge in [-0.2, -0.15) is 0 Å². The molecule has 2 atom stereocenters. The number of aromatic nitrogens is 2. The van der Waals surface area contributed by atoms with Crippen molar-refractivity contribution in [2.75, 3.05) is 18.0 Å². The molecule has 0 radical (unpaired) electrons. The second-order valence-electron chi connectivity index (χ2n) is 7.97. The zero-order valence-corrected chi connectivity index (χ0v) is 18.5. The first-order chi connectivity index (χ1) is 12.6. The quantitative estimate of drug-likeness (QED) is 0.613. The third-order valence-electron chi connectivity index (χ3n) is 4.47. The smallest absolute Gasteiger partial charge is 0.410 e. The minimum atomic E-state index is -0.506. The Hall–Kier alpha value is -1.60. The molecule has 1 aliphatic heterocycles. The van der Waals surface area contributed by atoms with Gasteiger partial charge in [0.2, 0.25) is 0 Å². The molecule has 1 aromatic carbocycles. The van der Waals surface area contributed by atoms with Crippen LogP contribution in [-0.2, 0) is 4.74 Å². The van der Waals surface area contributed by atoms with Crippen LogP contribution in [0.5, 0.6) is 0 Å². The number of piperazine rings is 1. The average molecular weight is 456 g/mol. The molecule has 2 heterocycles. The summed E-state index contributed by atoms with van der Waals surface area (Å²) in [6.07, 6.45) is 1.29. The molecule has 0 aliphatic carbocycles. The zero-order valence-electron chi connectivity index (χ0n) is 16.2. The highest BCUT2D eigenvalue weighted by Gasteiger charge is 2.35. The number of anilines is 1. The number of hydrogen-bond acceptors (Lipinski definition) is 5. The standard InChI is InChI=1S/C19H24BrClN4O2/c1-11-8-24(18(26)27-19(3,4)5)9-12(2)25(11)17-13-6-15(21)14(20)7-16(13)22-10-23-17/h6-7,10-12H,8-9H2,1-5H3. The van der Waals surface area contributed by atoms with E-state index in [1.807, 2.05) is 32.9 Å². The number of fused-ring (bicyclic) bond motifs is 1. The molecular formula is C19H24BrClN4O2. The number of rotatable bonds is 1. The van der Waals surface area contributed by atoms with Gasteiger partial charge in [0, 0.05) is 35.0 Å². The third kappa shape index (κ3) is 4.29. The van der Waals surface area contributed by atoms with Gasteiger partial charge in [0.05, 0.1) is 10.5 Å². The molecule has 1 aromatic heterocycles. The van der Waals surface area contributed by atoms with E-state index < -0.39 is 5.60 Å². The minimum absolute atomic E-state index is 0.0711. The number of benzene rings is 1. The van der Waals surface area contributed by atoms with Gasteiger partial charge in [-0.1, -0.05) is 11.6 Å². The third-order valence-corrected chi connectivity index (χ3v) is 5.67. The Bertz CT molecular complexity index is 859. The van der Waals surface area contributed by atoms with Gasteiger partial charge in [-0.25, -0.2) is 14.8 Å². The van der Waals surface area contributed by atoms with Gasteiger partial charge in [0.15, 0.2) is 0 Å². The normalized spacial score (nSPS) is 20.9. The number of amides is 1. The van der Waals surface area contributed by atoms with Crippen LogP contribution in [0.25, 0.3) is 10.9 Å². The van der Waals surface area contributed by atoms with Crippen molar-refractivity contribution < 1.29 is 9.53 Å². The highest BCUT2D eigenvalue weighted by Crippen LogP contribution is 2.34. The summed E-state index contributed by atoms with van der Waals surface area (Å²) >= 11 is 9.75. The van der Waals surface area contributed by atoms with Crippen molar-refractivity contribution in [3.05, 3.63) is 28.0 Å². The fraction of sp³-hybridized carbons (Fsp3) is 0.526. The minimum Gasteiger partial charge on any atom is -0.444 e. The van der Waals surface area contributed by atoms with Crippen LogP contribution in [0.15, 0.2) is 22.9 Å². The van der Waals surface area contributed by atoms with Crippen LogP contribution in [0, 0.1) is 0 Å². The Morgan fingerprint density at radius 2 is 1.85 bits per heavy atom. The maximum absolute atomic E-state index is 12.5. The number of ether oxygens (including phenoxy) is 1. The lowest BCUT2D eigenvalue weighted by molar-refractivity contribution is 0.0192. The SMILES string of the molecule is CC1CN(C(=O)OC(C)(C)C)CC(C)N1c1ncnc2cc(Br)c(Cl)cc12. The molecule has 1 saturated heterocycles. The number of carbonyl (C=O) groups is 1. The van der Waals surface area contributed by atoms with E-state index in [4.69, 9.17) is 16.3 Å². The van der Waals surface area contributed by atoms with E-state index in [2.05, 4.69) is 44.6 Å². The lowest BCUT2D eigenvalue weighted by atomic mass is 10.1. The van der Waals surface area contributed by atoms with Crippen molar-refractivity contribution in [3.63, 3.8) is 0 Å². The van der Waals surface area contributed by atoms with Crippen LogP contribution >= 0.6 is 27.5 Å². The van der Waals surface area contributed by atoms with E-state index in [1.54, 1.807) is 11.2 Å². The largest absolute Gasteiger partial charge is 0.444 e. The van der Waals surface area contributed by atoms with E-state index in [0.29, 0.717) is 18.1 Å². The summed E-state index contributed by atoms with van der Waals surface area (Å²) in [5.74, 6) is 0.832. The van der Waals surface area contributed by atoms with Crippen LogP contribution in [0.4, 0.5) is 10.6 Å². The second kappa shape index (κ2) is 7.43. The molecular weight excluding hydrogens is 432 g/mol. The average Bonchev–Trinajstić information content (AvgIpc) is 2.54. The van der Waals surface area contributed by atoms with Crippen molar-refractivity contribution in [2.45, 2.75) is 52.3 Å². The topological polar surface area (TPSA) is 58.6 Å². The lowest BCUT2D eigenvalue weighted by Crippen LogP contribution is -2.59. The van der Waals surface area contributed by atoms with Crippen LogP contribution in [0.1, 0.15) is 34.6 Å². The predicted molar refractivity (Wildman–Crippen MR) is 111 cm³/mol. The molecule has 2 unspecified atom stereocenters. The van der Waals surface area contributed by atoms with Crippen LogP contribution in [0.2, 0.25) is 5.02 Å². The summed E-state index contributed by atoms with van der Waals surface area (Å²) < 4.78 is 6.34. The van der Waals surface area contributed by atoms with Gasteiger partial charge in [-0.15, -0.1) is 0 Å². The van der Waals surface area contributed by atoms with Gasteiger partial charge >= 0.3 is 6.09 Å². The maximum atomic E-state index is 12.5. The van der Waals surface area contributed by atoms with E-state index in [9.17, 15) is 4.79 Å². The fourth-order valence-electron chi connectivity index (χ4n) is 3.46. The Morgan fingerprint density at radius 1 is 1.22 bits per heavy atom. The Morgan fingerprint density at radius 3 is 2.44 bits per heavy atom. The second-order valence-corrected chi connectivity index (χ2v) is 9.23. The monoisotopic (exact) mass is 454 g/mol. The summed E-state index contributed by atoms with van der Waals surface area (Å²) in [4.78, 5) is 25.4. The van der Waals surface area contributed by atoms with Crippen molar-refractivity contribution in [2.24, 2.45) is 0 Å². The van der Waals surface area contributed by atoms with E-state index >= 15 is 0 Å². The summed E-state index contributed by atoms with van der Waals surface area (Å²) in [5, 5.41) is 1.52. The van der Waals surface area contributed by atoms with E-state index in [1.165, 1.54) is 0 Å². The van der Waals surface area contributed by atoms with Crippen molar-refractivity contribution >= 4 is 50.3 Å². The molecule has 1 fully saturated rings. The molecule has 1 aliphatic rings. The van der Waals surface area contributed by atoms with Gasteiger partial charge in [0.25, 0.3) is 0 Å². The number of hydrogen-bond donors (Lipinski definition) is 0. The fourth-order valence-corrected chi connectivity index (χ4v) is 3.95. The molecule has 2 aromatic rings.